The molecule has 0 heterocycles. The molecule has 0 aromatic carbocycles. The molecule has 0 aliphatic heterocycles. The Balaban J connectivity index is 2.25. The minimum atomic E-state index is -6.45. The maximum absolute atomic E-state index is 14.2. The third-order valence-corrected chi connectivity index (χ3v) is 6.05. The Kier molecular flexibility index (Phi) is 9.86. The normalized spacial score (nSPS) is 23.0. The fourth-order valence-electron chi connectivity index (χ4n) is 3.97. The molecule has 180 valence electrons. The molecule has 0 aromatic rings. The van der Waals surface area contributed by atoms with E-state index in [-0.39, 0.29) is 6.42 Å². The molecule has 9 heteroatoms. The van der Waals surface area contributed by atoms with Gasteiger partial charge >= 0.3 is 23.7 Å². The van der Waals surface area contributed by atoms with E-state index in [0.29, 0.717) is 12.8 Å². The first-order chi connectivity index (χ1) is 13.8. The van der Waals surface area contributed by atoms with Crippen LogP contribution in [0.1, 0.15) is 103 Å². The van der Waals surface area contributed by atoms with Gasteiger partial charge in [-0.3, -0.25) is 0 Å². The van der Waals surface area contributed by atoms with Crippen LogP contribution in [0.25, 0.3) is 0 Å². The molecular formula is C21H33F9. The Bertz CT molecular complexity index is 477. The molecule has 1 saturated carbocycles. The van der Waals surface area contributed by atoms with Gasteiger partial charge in [-0.05, 0) is 12.8 Å². The SMILES string of the molecule is CCCCCCCCCCCCCCCCC1(F)C(F)(F)C(F)(F)C(F)(F)C1(F)F. The van der Waals surface area contributed by atoms with Crippen LogP contribution in [0.4, 0.5) is 39.5 Å². The first-order valence-electron chi connectivity index (χ1n) is 11.0. The van der Waals surface area contributed by atoms with Crippen molar-refractivity contribution in [3.63, 3.8) is 0 Å². The molecule has 1 aliphatic rings. The summed E-state index contributed by atoms with van der Waals surface area (Å²) in [6.07, 6.45) is 10.0. The van der Waals surface area contributed by atoms with E-state index in [0.717, 1.165) is 25.7 Å². The minimum absolute atomic E-state index is 0.0341. The number of halogens is 9. The number of rotatable bonds is 15. The molecule has 0 nitrogen and oxygen atoms in total. The van der Waals surface area contributed by atoms with Gasteiger partial charge in [0, 0.05) is 0 Å². The summed E-state index contributed by atoms with van der Waals surface area (Å²) < 4.78 is 121. The largest absolute Gasteiger partial charge is 0.381 e. The standard InChI is InChI=1S/C21H33F9/c1-2-3-4-5-6-7-8-9-10-11-12-13-14-15-16-17(22)18(23,24)20(27,28)21(29,30)19(17,25)26/h2-16H2,1H3. The Morgan fingerprint density at radius 2 is 0.633 bits per heavy atom. The fourth-order valence-corrected chi connectivity index (χ4v) is 3.97. The highest BCUT2D eigenvalue weighted by atomic mass is 19.4. The lowest BCUT2D eigenvalue weighted by Crippen LogP contribution is -2.54. The Morgan fingerprint density at radius 3 is 0.933 bits per heavy atom. The molecule has 0 spiro atoms. The summed E-state index contributed by atoms with van der Waals surface area (Å²) in [5.74, 6) is -25.2. The van der Waals surface area contributed by atoms with Crippen molar-refractivity contribution in [1.29, 1.82) is 0 Å². The van der Waals surface area contributed by atoms with E-state index < -0.39 is 42.2 Å². The van der Waals surface area contributed by atoms with Gasteiger partial charge in [-0.2, -0.15) is 35.1 Å². The Hall–Kier alpha value is -0.630. The van der Waals surface area contributed by atoms with Crippen molar-refractivity contribution in [3.8, 4) is 0 Å². The minimum Gasteiger partial charge on any atom is -0.230 e. The molecule has 0 bridgehead atoms. The molecule has 1 rings (SSSR count). The van der Waals surface area contributed by atoms with Crippen LogP contribution in [0.15, 0.2) is 0 Å². The number of hydrogen-bond donors (Lipinski definition) is 0. The maximum atomic E-state index is 14.2. The third kappa shape index (κ3) is 5.05. The van der Waals surface area contributed by atoms with Crippen LogP contribution in [0.5, 0.6) is 0 Å². The summed E-state index contributed by atoms with van der Waals surface area (Å²) in [5.41, 5.74) is -5.27. The van der Waals surface area contributed by atoms with Gasteiger partial charge in [-0.15, -0.1) is 0 Å². The van der Waals surface area contributed by atoms with Crippen LogP contribution in [0.2, 0.25) is 0 Å². The highest BCUT2D eigenvalue weighted by Crippen LogP contribution is 2.70. The van der Waals surface area contributed by atoms with Gasteiger partial charge in [-0.1, -0.05) is 90.4 Å². The van der Waals surface area contributed by atoms with E-state index in [4.69, 9.17) is 0 Å². The molecular weight excluding hydrogens is 423 g/mol. The van der Waals surface area contributed by atoms with Crippen molar-refractivity contribution in [2.24, 2.45) is 0 Å². The quantitative estimate of drug-likeness (QED) is 0.170. The summed E-state index contributed by atoms with van der Waals surface area (Å²) in [6, 6.07) is 0. The molecule has 0 radical (unpaired) electrons. The lowest BCUT2D eigenvalue weighted by atomic mass is 9.90. The average molecular weight is 456 g/mol. The van der Waals surface area contributed by atoms with Crippen LogP contribution in [-0.4, -0.2) is 29.4 Å². The Labute approximate surface area is 173 Å². The number of hydrogen-bond acceptors (Lipinski definition) is 0. The second kappa shape index (κ2) is 10.8. The molecule has 1 aliphatic carbocycles. The number of unbranched alkanes of at least 4 members (excludes halogenated alkanes) is 13. The van der Waals surface area contributed by atoms with Crippen LogP contribution in [-0.2, 0) is 0 Å². The van der Waals surface area contributed by atoms with Gasteiger partial charge < -0.3 is 0 Å². The van der Waals surface area contributed by atoms with E-state index in [1.165, 1.54) is 38.5 Å². The van der Waals surface area contributed by atoms with Gasteiger partial charge in [0.1, 0.15) is 0 Å². The molecule has 30 heavy (non-hydrogen) atoms. The van der Waals surface area contributed by atoms with E-state index >= 15 is 0 Å². The molecule has 0 atom stereocenters. The van der Waals surface area contributed by atoms with Crippen molar-refractivity contribution in [1.82, 2.24) is 0 Å². The van der Waals surface area contributed by atoms with Crippen molar-refractivity contribution in [2.45, 2.75) is 133 Å². The highest BCUT2D eigenvalue weighted by Gasteiger charge is 2.99. The van der Waals surface area contributed by atoms with Crippen LogP contribution < -0.4 is 0 Å². The molecule has 0 amide bonds. The molecule has 0 N–H and O–H groups in total. The smallest absolute Gasteiger partial charge is 0.230 e. The van der Waals surface area contributed by atoms with E-state index in [2.05, 4.69) is 6.92 Å². The molecule has 0 saturated heterocycles. The van der Waals surface area contributed by atoms with Crippen LogP contribution in [0.3, 0.4) is 0 Å². The van der Waals surface area contributed by atoms with E-state index in [1.807, 2.05) is 0 Å². The molecule has 0 aromatic heterocycles. The first-order valence-corrected chi connectivity index (χ1v) is 11.0. The zero-order valence-electron chi connectivity index (χ0n) is 17.5. The summed E-state index contributed by atoms with van der Waals surface area (Å²) in [7, 11) is 0. The summed E-state index contributed by atoms with van der Waals surface area (Å²) in [6.45, 7) is 2.16. The van der Waals surface area contributed by atoms with Gasteiger partial charge in [0.25, 0.3) is 0 Å². The maximum Gasteiger partial charge on any atom is 0.381 e. The van der Waals surface area contributed by atoms with Gasteiger partial charge in [0.2, 0.25) is 5.67 Å². The monoisotopic (exact) mass is 456 g/mol. The van der Waals surface area contributed by atoms with Gasteiger partial charge in [0.05, 0.1) is 0 Å². The third-order valence-electron chi connectivity index (χ3n) is 6.05. The first kappa shape index (κ1) is 27.4. The average Bonchev–Trinajstić information content (AvgIpc) is 2.71. The second-order valence-electron chi connectivity index (χ2n) is 8.44. The highest BCUT2D eigenvalue weighted by molar-refractivity contribution is 5.26. The van der Waals surface area contributed by atoms with Crippen LogP contribution >= 0.6 is 0 Å². The van der Waals surface area contributed by atoms with Crippen molar-refractivity contribution >= 4 is 0 Å². The Morgan fingerprint density at radius 1 is 0.367 bits per heavy atom. The topological polar surface area (TPSA) is 0 Å². The van der Waals surface area contributed by atoms with Crippen molar-refractivity contribution in [2.75, 3.05) is 0 Å². The van der Waals surface area contributed by atoms with E-state index in [1.54, 1.807) is 0 Å². The second-order valence-corrected chi connectivity index (χ2v) is 8.44. The van der Waals surface area contributed by atoms with Gasteiger partial charge in [-0.25, -0.2) is 4.39 Å². The number of alkyl halides is 9. The van der Waals surface area contributed by atoms with Crippen LogP contribution in [0, 0.1) is 0 Å². The fraction of sp³-hybridized carbons (Fsp3) is 1.00. The lowest BCUT2D eigenvalue weighted by Gasteiger charge is -2.30. The summed E-state index contributed by atoms with van der Waals surface area (Å²) in [5, 5.41) is 0. The predicted molar refractivity (Wildman–Crippen MR) is 98.6 cm³/mol. The summed E-state index contributed by atoms with van der Waals surface area (Å²) in [4.78, 5) is 0. The summed E-state index contributed by atoms with van der Waals surface area (Å²) >= 11 is 0. The van der Waals surface area contributed by atoms with Crippen molar-refractivity contribution in [3.05, 3.63) is 0 Å². The van der Waals surface area contributed by atoms with E-state index in [9.17, 15) is 39.5 Å². The van der Waals surface area contributed by atoms with Gasteiger partial charge in [0.15, 0.2) is 0 Å². The molecule has 1 fully saturated rings. The zero-order valence-corrected chi connectivity index (χ0v) is 17.5. The zero-order chi connectivity index (χ0) is 23.1. The van der Waals surface area contributed by atoms with Crippen molar-refractivity contribution < 1.29 is 39.5 Å². The molecule has 0 unspecified atom stereocenters. The lowest BCUT2D eigenvalue weighted by molar-refractivity contribution is -0.303. The predicted octanol–water partition coefficient (Wildman–Crippen LogP) is 9.12.